The minimum absolute atomic E-state index is 0.0397. The molecule has 0 radical (unpaired) electrons. The number of thiazole rings is 1. The van der Waals surface area contributed by atoms with E-state index in [0.717, 1.165) is 30.2 Å². The van der Waals surface area contributed by atoms with Crippen LogP contribution in [-0.4, -0.2) is 58.8 Å². The van der Waals surface area contributed by atoms with Crippen LogP contribution in [0.4, 0.5) is 9.18 Å². The number of halogens is 1. The van der Waals surface area contributed by atoms with E-state index in [4.69, 9.17) is 4.42 Å². The first-order valence-electron chi connectivity index (χ1n) is 11.4. The lowest BCUT2D eigenvalue weighted by Crippen LogP contribution is -2.25. The van der Waals surface area contributed by atoms with Crippen molar-refractivity contribution in [2.75, 3.05) is 12.9 Å². The molecule has 1 aliphatic heterocycles. The number of hydrogen-bond acceptors (Lipinski definition) is 12. The zero-order valence-corrected chi connectivity index (χ0v) is 22.6. The number of aromatic nitrogens is 3. The molecular weight excluding hydrogens is 571 g/mol. The van der Waals surface area contributed by atoms with Gasteiger partial charge in [0.15, 0.2) is 15.1 Å². The number of rotatable bonds is 9. The number of carbonyl (C=O) groups is 3. The van der Waals surface area contributed by atoms with Gasteiger partial charge in [-0.05, 0) is 11.6 Å². The van der Waals surface area contributed by atoms with E-state index in [1.54, 1.807) is 30.3 Å². The maximum absolute atomic E-state index is 15.0. The first kappa shape index (κ1) is 26.9. The lowest BCUT2D eigenvalue weighted by Gasteiger charge is -2.11. The number of nitrogens with zero attached hydrogens (tertiary/aromatic N) is 3. The predicted molar refractivity (Wildman–Crippen MR) is 140 cm³/mol. The van der Waals surface area contributed by atoms with Gasteiger partial charge in [0.1, 0.15) is 16.1 Å². The molecule has 0 bridgehead atoms. The number of carbonyl (C=O) groups excluding carboxylic acids is 3. The second kappa shape index (κ2) is 10.8. The maximum atomic E-state index is 15.0. The summed E-state index contributed by atoms with van der Waals surface area (Å²) in [4.78, 5) is 39.5. The molecular formula is C24H19FN4O7S3. The summed E-state index contributed by atoms with van der Waals surface area (Å²) >= 11 is 1.78. The molecule has 11 nitrogen and oxygen atoms in total. The largest absolute Gasteiger partial charge is 0.469 e. The van der Waals surface area contributed by atoms with E-state index in [0.29, 0.717) is 15.8 Å². The van der Waals surface area contributed by atoms with Gasteiger partial charge in [-0.1, -0.05) is 42.1 Å². The fourth-order valence-electron chi connectivity index (χ4n) is 3.92. The Kier molecular flexibility index (Phi) is 7.46. The van der Waals surface area contributed by atoms with Crippen molar-refractivity contribution in [3.63, 3.8) is 0 Å². The Bertz CT molecular complexity index is 1690. The molecule has 1 aliphatic rings. The van der Waals surface area contributed by atoms with Crippen molar-refractivity contribution in [3.05, 3.63) is 65.1 Å². The first-order chi connectivity index (χ1) is 18.6. The number of nitrogens with one attached hydrogen (secondary N) is 1. The molecule has 0 aliphatic carbocycles. The zero-order chi connectivity index (χ0) is 27.7. The van der Waals surface area contributed by atoms with Crippen LogP contribution in [-0.2, 0) is 30.6 Å². The smallest absolute Gasteiger partial charge is 0.306 e. The van der Waals surface area contributed by atoms with E-state index in [2.05, 4.69) is 25.2 Å². The Morgan fingerprint density at radius 1 is 1.21 bits per heavy atom. The molecule has 2 atom stereocenters. The third-order valence-corrected chi connectivity index (χ3v) is 9.94. The van der Waals surface area contributed by atoms with Gasteiger partial charge in [-0.25, -0.2) is 17.8 Å². The number of hydrogen-bond donors (Lipinski definition) is 1. The van der Waals surface area contributed by atoms with Crippen LogP contribution >= 0.6 is 23.1 Å². The number of thioether (sulfide) groups is 1. The highest BCUT2D eigenvalue weighted by atomic mass is 32.2. The number of fused-ring (bicyclic) bond motifs is 1. The fourth-order valence-corrected chi connectivity index (χ4v) is 7.72. The molecule has 1 N–H and O–H groups in total. The second-order valence-electron chi connectivity index (χ2n) is 8.41. The van der Waals surface area contributed by atoms with Gasteiger partial charge in [-0.3, -0.25) is 19.7 Å². The van der Waals surface area contributed by atoms with Crippen LogP contribution in [0.2, 0.25) is 0 Å². The van der Waals surface area contributed by atoms with E-state index in [1.165, 1.54) is 6.07 Å². The van der Waals surface area contributed by atoms with Gasteiger partial charge in [0, 0.05) is 18.1 Å². The minimum atomic E-state index is -4.17. The Morgan fingerprint density at radius 2 is 1.97 bits per heavy atom. The second-order valence-corrected chi connectivity index (χ2v) is 12.9. The molecule has 2 aromatic carbocycles. The molecule has 0 saturated carbocycles. The average Bonchev–Trinajstić information content (AvgIpc) is 3.61. The van der Waals surface area contributed by atoms with Gasteiger partial charge in [0.25, 0.3) is 5.24 Å². The SMILES string of the molecule is COC(=O)CCS(=O)(=O)C(c1nnc(CC2SC(=O)NC2=O)o1)c1nc2cc(F)c(-c3ccccc3)cc2s1. The summed E-state index contributed by atoms with van der Waals surface area (Å²) in [6.07, 6.45) is -0.523. The van der Waals surface area contributed by atoms with Crippen molar-refractivity contribution in [2.24, 2.45) is 0 Å². The number of imide groups is 1. The monoisotopic (exact) mass is 590 g/mol. The summed E-state index contributed by atoms with van der Waals surface area (Å²) in [6, 6.07) is 11.7. The molecule has 2 aromatic heterocycles. The van der Waals surface area contributed by atoms with Gasteiger partial charge in [-0.2, -0.15) is 0 Å². The average molecular weight is 591 g/mol. The van der Waals surface area contributed by atoms with E-state index in [1.807, 2.05) is 6.07 Å². The van der Waals surface area contributed by atoms with E-state index in [9.17, 15) is 27.2 Å². The molecule has 1 saturated heterocycles. The highest BCUT2D eigenvalue weighted by Crippen LogP contribution is 2.38. The number of amides is 2. The maximum Gasteiger partial charge on any atom is 0.306 e. The Balaban J connectivity index is 1.54. The van der Waals surface area contributed by atoms with Crippen LogP contribution in [0.5, 0.6) is 0 Å². The van der Waals surface area contributed by atoms with Crippen LogP contribution in [0, 0.1) is 5.82 Å². The van der Waals surface area contributed by atoms with Gasteiger partial charge in [0.2, 0.25) is 17.7 Å². The van der Waals surface area contributed by atoms with Crippen LogP contribution in [0.25, 0.3) is 21.3 Å². The summed E-state index contributed by atoms with van der Waals surface area (Å²) in [5.41, 5.74) is 1.20. The van der Waals surface area contributed by atoms with Crippen LogP contribution in [0.1, 0.15) is 28.5 Å². The molecule has 0 spiro atoms. The summed E-state index contributed by atoms with van der Waals surface area (Å²) < 4.78 is 52.7. The summed E-state index contributed by atoms with van der Waals surface area (Å²) in [5.74, 6) is -2.76. The summed E-state index contributed by atoms with van der Waals surface area (Å²) in [6.45, 7) is 0. The van der Waals surface area contributed by atoms with Gasteiger partial charge in [-0.15, -0.1) is 21.5 Å². The third-order valence-electron chi connectivity index (χ3n) is 5.81. The number of benzene rings is 2. The van der Waals surface area contributed by atoms with Gasteiger partial charge in [0.05, 0.1) is 29.5 Å². The molecule has 2 amide bonds. The van der Waals surface area contributed by atoms with Crippen molar-refractivity contribution in [1.82, 2.24) is 20.5 Å². The quantitative estimate of drug-likeness (QED) is 0.285. The van der Waals surface area contributed by atoms with Crippen molar-refractivity contribution >= 4 is 60.3 Å². The lowest BCUT2D eigenvalue weighted by atomic mass is 10.1. The first-order valence-corrected chi connectivity index (χ1v) is 14.8. The van der Waals surface area contributed by atoms with E-state index < -0.39 is 55.4 Å². The third kappa shape index (κ3) is 5.69. The van der Waals surface area contributed by atoms with E-state index in [-0.39, 0.29) is 28.7 Å². The predicted octanol–water partition coefficient (Wildman–Crippen LogP) is 3.45. The Morgan fingerprint density at radius 3 is 2.67 bits per heavy atom. The standard InChI is InChI=1S/C24H19FN4O7S3/c1-35-19(30)7-8-39(33,34)20(22-29-28-18(36-22)11-17-21(31)27-24(32)38-17)23-26-15-10-14(25)13(9-16(15)37-23)12-5-3-2-4-6-12/h2-6,9-10,17,20H,7-8,11H2,1H3,(H,27,31,32). The van der Waals surface area contributed by atoms with Crippen LogP contribution in [0.3, 0.4) is 0 Å². The normalized spacial score (nSPS) is 16.4. The number of sulfone groups is 1. The molecule has 202 valence electrons. The molecule has 1 fully saturated rings. The van der Waals surface area contributed by atoms with Crippen molar-refractivity contribution in [1.29, 1.82) is 0 Å². The fraction of sp³-hybridized carbons (Fsp3) is 0.250. The Hall–Kier alpha value is -3.69. The molecule has 4 aromatic rings. The number of methoxy groups -OCH3 is 1. The van der Waals surface area contributed by atoms with Crippen molar-refractivity contribution < 1.29 is 36.3 Å². The summed E-state index contributed by atoms with van der Waals surface area (Å²) in [5, 5.41) is 7.09. The summed E-state index contributed by atoms with van der Waals surface area (Å²) in [7, 11) is -3.02. The van der Waals surface area contributed by atoms with Crippen LogP contribution in [0.15, 0.2) is 46.9 Å². The topological polar surface area (TPSA) is 158 Å². The number of ether oxygens (including phenoxy) is 1. The Labute approximate surface area is 229 Å². The minimum Gasteiger partial charge on any atom is -0.469 e. The van der Waals surface area contributed by atoms with Gasteiger partial charge >= 0.3 is 5.97 Å². The molecule has 2 unspecified atom stereocenters. The lowest BCUT2D eigenvalue weighted by molar-refractivity contribution is -0.140. The highest BCUT2D eigenvalue weighted by molar-refractivity contribution is 8.15. The van der Waals surface area contributed by atoms with Crippen molar-refractivity contribution in [2.45, 2.75) is 23.3 Å². The van der Waals surface area contributed by atoms with Gasteiger partial charge < -0.3 is 9.15 Å². The molecule has 5 rings (SSSR count). The van der Waals surface area contributed by atoms with E-state index >= 15 is 0 Å². The molecule has 15 heteroatoms. The zero-order valence-electron chi connectivity index (χ0n) is 20.1. The highest BCUT2D eigenvalue weighted by Gasteiger charge is 2.38. The van der Waals surface area contributed by atoms with Crippen molar-refractivity contribution in [3.8, 4) is 11.1 Å². The molecule has 3 heterocycles. The molecule has 39 heavy (non-hydrogen) atoms. The number of esters is 1. The van der Waals surface area contributed by atoms with Crippen LogP contribution < -0.4 is 5.32 Å².